The first-order chi connectivity index (χ1) is 11.4. The molecule has 142 valence electrons. The predicted molar refractivity (Wildman–Crippen MR) is 107 cm³/mol. The Morgan fingerprint density at radius 3 is 2.38 bits per heavy atom. The van der Waals surface area contributed by atoms with Gasteiger partial charge in [0, 0.05) is 12.2 Å². The fourth-order valence-electron chi connectivity index (χ4n) is 3.35. The van der Waals surface area contributed by atoms with Crippen LogP contribution in [0.1, 0.15) is 64.2 Å². The second-order valence-corrected chi connectivity index (χ2v) is 13.6. The average molecular weight is 375 g/mol. The van der Waals surface area contributed by atoms with Gasteiger partial charge in [-0.15, -0.1) is 0 Å². The fraction of sp³-hybridized carbons (Fsp3) is 0.947. The normalized spacial score (nSPS) is 17.7. The minimum Gasteiger partial charge on any atom is -0.469 e. The number of rotatable bonds is 12. The number of unbranched alkanes of at least 4 members (excludes halogenated alkanes) is 3. The summed E-state index contributed by atoms with van der Waals surface area (Å²) >= 11 is 2.07. The standard InChI is InChI=1S/C19H38O3SSi/c1-21-19(20)14-10-5-6-11-15-23-16-18(22-24(2,3)4)17-12-8-7-9-13-17/h17-18H,5-16H2,1-4H3. The van der Waals surface area contributed by atoms with Crippen LogP contribution in [-0.2, 0) is 14.0 Å². The SMILES string of the molecule is COC(=O)CCCCCCSCC(O[Si](C)(C)C)C1CCCCC1. The summed E-state index contributed by atoms with van der Waals surface area (Å²) in [6.45, 7) is 6.94. The van der Waals surface area contributed by atoms with Gasteiger partial charge in [0.1, 0.15) is 0 Å². The van der Waals surface area contributed by atoms with Crippen LogP contribution in [0.25, 0.3) is 0 Å². The van der Waals surface area contributed by atoms with Crippen LogP contribution in [0.2, 0.25) is 19.6 Å². The molecule has 24 heavy (non-hydrogen) atoms. The zero-order valence-corrected chi connectivity index (χ0v) is 18.1. The van der Waals surface area contributed by atoms with Crippen LogP contribution < -0.4 is 0 Å². The third kappa shape index (κ3) is 10.8. The molecular formula is C19H38O3SSi. The summed E-state index contributed by atoms with van der Waals surface area (Å²) in [7, 11) is 0.000568. The number of carbonyl (C=O) groups excluding carboxylic acids is 1. The summed E-state index contributed by atoms with van der Waals surface area (Å²) in [4.78, 5) is 11.0. The number of carbonyl (C=O) groups is 1. The van der Waals surface area contributed by atoms with Crippen LogP contribution in [0.15, 0.2) is 0 Å². The van der Waals surface area contributed by atoms with Crippen molar-refractivity contribution in [3.63, 3.8) is 0 Å². The molecular weight excluding hydrogens is 336 g/mol. The van der Waals surface area contributed by atoms with Gasteiger partial charge in [-0.25, -0.2) is 0 Å². The van der Waals surface area contributed by atoms with Crippen molar-refractivity contribution < 1.29 is 14.0 Å². The van der Waals surface area contributed by atoms with Crippen molar-refractivity contribution in [2.24, 2.45) is 5.92 Å². The molecule has 1 fully saturated rings. The Hall–Kier alpha value is -0.00312. The van der Waals surface area contributed by atoms with Crippen molar-refractivity contribution in [3.05, 3.63) is 0 Å². The molecule has 0 bridgehead atoms. The van der Waals surface area contributed by atoms with E-state index in [-0.39, 0.29) is 5.97 Å². The van der Waals surface area contributed by atoms with Crippen molar-refractivity contribution in [2.75, 3.05) is 18.6 Å². The lowest BCUT2D eigenvalue weighted by Gasteiger charge is -2.34. The molecule has 0 N–H and O–H groups in total. The summed E-state index contributed by atoms with van der Waals surface area (Å²) in [5, 5.41) is 0. The number of ether oxygens (including phenoxy) is 1. The van der Waals surface area contributed by atoms with E-state index in [9.17, 15) is 4.79 Å². The van der Waals surface area contributed by atoms with Crippen LogP contribution >= 0.6 is 11.8 Å². The van der Waals surface area contributed by atoms with Gasteiger partial charge in [0.05, 0.1) is 13.2 Å². The zero-order valence-electron chi connectivity index (χ0n) is 16.3. The van der Waals surface area contributed by atoms with E-state index < -0.39 is 8.32 Å². The van der Waals surface area contributed by atoms with Gasteiger partial charge >= 0.3 is 5.97 Å². The lowest BCUT2D eigenvalue weighted by Crippen LogP contribution is -2.38. The maximum absolute atomic E-state index is 11.0. The molecule has 0 spiro atoms. The van der Waals surface area contributed by atoms with Crippen LogP contribution in [-0.4, -0.2) is 39.0 Å². The van der Waals surface area contributed by atoms with Crippen molar-refractivity contribution in [2.45, 2.75) is 90.0 Å². The highest BCUT2D eigenvalue weighted by atomic mass is 32.2. The third-order valence-corrected chi connectivity index (χ3v) is 6.76. The zero-order chi connectivity index (χ0) is 17.8. The molecule has 0 amide bonds. The Kier molecular flexibility index (Phi) is 11.4. The van der Waals surface area contributed by atoms with Crippen LogP contribution in [0.4, 0.5) is 0 Å². The van der Waals surface area contributed by atoms with Gasteiger partial charge in [-0.05, 0) is 57.0 Å². The van der Waals surface area contributed by atoms with Gasteiger partial charge < -0.3 is 9.16 Å². The summed E-state index contributed by atoms with van der Waals surface area (Å²) < 4.78 is 11.2. The van der Waals surface area contributed by atoms with E-state index >= 15 is 0 Å². The summed E-state index contributed by atoms with van der Waals surface area (Å²) in [6.07, 6.45) is 12.5. The Morgan fingerprint density at radius 1 is 1.08 bits per heavy atom. The highest BCUT2D eigenvalue weighted by molar-refractivity contribution is 7.99. The molecule has 1 aliphatic rings. The van der Waals surface area contributed by atoms with Crippen molar-refractivity contribution in [1.29, 1.82) is 0 Å². The molecule has 1 unspecified atom stereocenters. The first-order valence-electron chi connectivity index (χ1n) is 9.75. The molecule has 0 aromatic heterocycles. The maximum atomic E-state index is 11.0. The van der Waals surface area contributed by atoms with Gasteiger partial charge in [0.2, 0.25) is 0 Å². The largest absolute Gasteiger partial charge is 0.469 e. The van der Waals surface area contributed by atoms with Crippen molar-refractivity contribution >= 4 is 26.0 Å². The monoisotopic (exact) mass is 374 g/mol. The summed E-state index contributed by atoms with van der Waals surface area (Å²) in [5.41, 5.74) is 0. The van der Waals surface area contributed by atoms with E-state index in [0.29, 0.717) is 12.5 Å². The smallest absolute Gasteiger partial charge is 0.305 e. The van der Waals surface area contributed by atoms with E-state index in [4.69, 9.17) is 4.43 Å². The highest BCUT2D eigenvalue weighted by Gasteiger charge is 2.28. The van der Waals surface area contributed by atoms with Crippen molar-refractivity contribution in [1.82, 2.24) is 0 Å². The third-order valence-electron chi connectivity index (χ3n) is 4.61. The van der Waals surface area contributed by atoms with Gasteiger partial charge in [-0.3, -0.25) is 4.79 Å². The topological polar surface area (TPSA) is 35.5 Å². The number of esters is 1. The van der Waals surface area contributed by atoms with Gasteiger partial charge in [0.25, 0.3) is 0 Å². The second kappa shape index (κ2) is 12.4. The van der Waals surface area contributed by atoms with Crippen LogP contribution in [0.5, 0.6) is 0 Å². The lowest BCUT2D eigenvalue weighted by molar-refractivity contribution is -0.140. The van der Waals surface area contributed by atoms with E-state index in [1.165, 1.54) is 57.8 Å². The van der Waals surface area contributed by atoms with Gasteiger partial charge in [0.15, 0.2) is 8.32 Å². The Balaban J connectivity index is 2.16. The quantitative estimate of drug-likeness (QED) is 0.251. The number of hydrogen-bond donors (Lipinski definition) is 0. The molecule has 0 heterocycles. The Labute approximate surface area is 154 Å². The Morgan fingerprint density at radius 2 is 1.75 bits per heavy atom. The molecule has 0 saturated heterocycles. The molecule has 0 aromatic rings. The minimum atomic E-state index is -1.46. The maximum Gasteiger partial charge on any atom is 0.305 e. The Bertz CT molecular complexity index is 338. The highest BCUT2D eigenvalue weighted by Crippen LogP contribution is 2.31. The molecule has 5 heteroatoms. The fourth-order valence-corrected chi connectivity index (χ4v) is 5.81. The van der Waals surface area contributed by atoms with E-state index in [1.807, 2.05) is 0 Å². The molecule has 0 radical (unpaired) electrons. The van der Waals surface area contributed by atoms with E-state index in [0.717, 1.165) is 24.5 Å². The molecule has 0 aromatic carbocycles. The molecule has 1 aliphatic carbocycles. The van der Waals surface area contributed by atoms with E-state index in [1.54, 1.807) is 0 Å². The molecule has 3 nitrogen and oxygen atoms in total. The average Bonchev–Trinajstić information content (AvgIpc) is 2.55. The lowest BCUT2D eigenvalue weighted by atomic mass is 9.86. The van der Waals surface area contributed by atoms with Crippen LogP contribution in [0, 0.1) is 5.92 Å². The summed E-state index contributed by atoms with van der Waals surface area (Å²) in [5.74, 6) is 3.09. The first kappa shape index (κ1) is 22.0. The summed E-state index contributed by atoms with van der Waals surface area (Å²) in [6, 6.07) is 0. The minimum absolute atomic E-state index is 0.0804. The number of hydrogen-bond acceptors (Lipinski definition) is 4. The predicted octanol–water partition coefficient (Wildman–Crippen LogP) is 5.64. The number of thioether (sulfide) groups is 1. The first-order valence-corrected chi connectivity index (χ1v) is 14.3. The van der Waals surface area contributed by atoms with Gasteiger partial charge in [-0.2, -0.15) is 11.8 Å². The van der Waals surface area contributed by atoms with Crippen LogP contribution in [0.3, 0.4) is 0 Å². The van der Waals surface area contributed by atoms with Crippen molar-refractivity contribution in [3.8, 4) is 0 Å². The second-order valence-electron chi connectivity index (χ2n) is 7.98. The number of methoxy groups -OCH3 is 1. The molecule has 1 rings (SSSR count). The van der Waals surface area contributed by atoms with E-state index in [2.05, 4.69) is 36.1 Å². The molecule has 0 aliphatic heterocycles. The van der Waals surface area contributed by atoms with Gasteiger partial charge in [-0.1, -0.05) is 32.1 Å². The molecule has 1 atom stereocenters. The molecule has 1 saturated carbocycles.